The zero-order valence-electron chi connectivity index (χ0n) is 8.27. The average molecular weight is 168 g/mol. The lowest BCUT2D eigenvalue weighted by Gasteiger charge is -2.50. The number of hydrogen-bond acceptors (Lipinski definition) is 2. The Balaban J connectivity index is 2.12. The van der Waals surface area contributed by atoms with Crippen molar-refractivity contribution in [1.29, 1.82) is 0 Å². The molecule has 0 spiro atoms. The standard InChI is InChI=1S/C10H20N2/c1-10-6-4-8-12(2)9(10)5-3-7-11-10/h9,11H,3-8H2,1-2H3/t9-,10-/m0/s1. The summed E-state index contributed by atoms with van der Waals surface area (Å²) in [6.07, 6.45) is 5.46. The number of rotatable bonds is 0. The largest absolute Gasteiger partial charge is 0.310 e. The molecule has 0 aliphatic carbocycles. The Labute approximate surface area is 75.3 Å². The van der Waals surface area contributed by atoms with Crippen LogP contribution in [0.25, 0.3) is 0 Å². The first-order valence-corrected chi connectivity index (χ1v) is 5.18. The van der Waals surface area contributed by atoms with Gasteiger partial charge in [0, 0.05) is 11.6 Å². The number of nitrogens with one attached hydrogen (secondary N) is 1. The van der Waals surface area contributed by atoms with Crippen molar-refractivity contribution < 1.29 is 0 Å². The van der Waals surface area contributed by atoms with Gasteiger partial charge in [-0.05, 0) is 52.7 Å². The summed E-state index contributed by atoms with van der Waals surface area (Å²) in [7, 11) is 2.27. The van der Waals surface area contributed by atoms with E-state index in [4.69, 9.17) is 0 Å². The highest BCUT2D eigenvalue weighted by Gasteiger charge is 2.40. The summed E-state index contributed by atoms with van der Waals surface area (Å²) in [6.45, 7) is 4.91. The number of hydrogen-bond donors (Lipinski definition) is 1. The molecule has 2 atom stereocenters. The van der Waals surface area contributed by atoms with E-state index in [1.807, 2.05) is 0 Å². The summed E-state index contributed by atoms with van der Waals surface area (Å²) in [5.41, 5.74) is 0.422. The molecule has 0 bridgehead atoms. The molecule has 12 heavy (non-hydrogen) atoms. The highest BCUT2D eigenvalue weighted by atomic mass is 15.2. The lowest BCUT2D eigenvalue weighted by molar-refractivity contribution is 0.0517. The van der Waals surface area contributed by atoms with E-state index >= 15 is 0 Å². The fourth-order valence-corrected chi connectivity index (χ4v) is 2.92. The van der Waals surface area contributed by atoms with Crippen molar-refractivity contribution in [2.75, 3.05) is 20.1 Å². The van der Waals surface area contributed by atoms with Crippen LogP contribution in [0.5, 0.6) is 0 Å². The maximum atomic E-state index is 3.69. The molecule has 0 aromatic rings. The van der Waals surface area contributed by atoms with Gasteiger partial charge >= 0.3 is 0 Å². The number of fused-ring (bicyclic) bond motifs is 1. The fourth-order valence-electron chi connectivity index (χ4n) is 2.92. The molecule has 2 fully saturated rings. The molecule has 0 aromatic carbocycles. The van der Waals surface area contributed by atoms with Gasteiger partial charge in [0.2, 0.25) is 0 Å². The van der Waals surface area contributed by atoms with Crippen molar-refractivity contribution in [2.24, 2.45) is 0 Å². The number of nitrogens with zero attached hydrogens (tertiary/aromatic N) is 1. The second-order valence-corrected chi connectivity index (χ2v) is 4.59. The number of piperidine rings is 2. The summed E-state index contributed by atoms with van der Waals surface area (Å²) < 4.78 is 0. The Bertz CT molecular complexity index is 165. The van der Waals surface area contributed by atoms with Crippen LogP contribution in [0.2, 0.25) is 0 Å². The van der Waals surface area contributed by atoms with Crippen LogP contribution >= 0.6 is 0 Å². The predicted octanol–water partition coefficient (Wildman–Crippen LogP) is 1.22. The van der Waals surface area contributed by atoms with Crippen molar-refractivity contribution >= 4 is 0 Å². The summed E-state index contributed by atoms with van der Waals surface area (Å²) in [5, 5.41) is 3.69. The molecular weight excluding hydrogens is 148 g/mol. The van der Waals surface area contributed by atoms with Gasteiger partial charge in [-0.3, -0.25) is 0 Å². The molecule has 2 aliphatic heterocycles. The van der Waals surface area contributed by atoms with Gasteiger partial charge in [0.15, 0.2) is 0 Å². The molecule has 2 saturated heterocycles. The van der Waals surface area contributed by atoms with Crippen LogP contribution in [-0.2, 0) is 0 Å². The van der Waals surface area contributed by atoms with Crippen LogP contribution in [0.3, 0.4) is 0 Å². The van der Waals surface area contributed by atoms with E-state index in [0.29, 0.717) is 5.54 Å². The Morgan fingerprint density at radius 1 is 1.42 bits per heavy atom. The minimum Gasteiger partial charge on any atom is -0.310 e. The molecule has 70 valence electrons. The van der Waals surface area contributed by atoms with Gasteiger partial charge in [-0.1, -0.05) is 0 Å². The molecule has 1 N–H and O–H groups in total. The smallest absolute Gasteiger partial charge is 0.0309 e. The van der Waals surface area contributed by atoms with Crippen LogP contribution in [0.1, 0.15) is 32.6 Å². The topological polar surface area (TPSA) is 15.3 Å². The second-order valence-electron chi connectivity index (χ2n) is 4.59. The minimum atomic E-state index is 0.422. The van der Waals surface area contributed by atoms with Gasteiger partial charge < -0.3 is 10.2 Å². The van der Waals surface area contributed by atoms with Gasteiger partial charge in [-0.2, -0.15) is 0 Å². The third-order valence-corrected chi connectivity index (χ3v) is 3.66. The zero-order chi connectivity index (χ0) is 8.60. The third-order valence-electron chi connectivity index (χ3n) is 3.66. The molecule has 0 unspecified atom stereocenters. The first kappa shape index (κ1) is 8.52. The normalized spacial score (nSPS) is 44.0. The molecule has 2 heteroatoms. The fraction of sp³-hybridized carbons (Fsp3) is 1.00. The summed E-state index contributed by atoms with van der Waals surface area (Å²) in [5.74, 6) is 0. The third kappa shape index (κ3) is 1.27. The Kier molecular flexibility index (Phi) is 2.13. The number of likely N-dealkylation sites (N-methyl/N-ethyl adjacent to an activating group) is 1. The van der Waals surface area contributed by atoms with E-state index in [0.717, 1.165) is 6.04 Å². The van der Waals surface area contributed by atoms with Crippen LogP contribution < -0.4 is 5.32 Å². The van der Waals surface area contributed by atoms with E-state index in [-0.39, 0.29) is 0 Å². The van der Waals surface area contributed by atoms with E-state index in [2.05, 4.69) is 24.2 Å². The van der Waals surface area contributed by atoms with Crippen molar-refractivity contribution in [3.8, 4) is 0 Å². The van der Waals surface area contributed by atoms with Gasteiger partial charge in [0.05, 0.1) is 0 Å². The molecular formula is C10H20N2. The Hall–Kier alpha value is -0.0800. The number of likely N-dealkylation sites (tertiary alicyclic amines) is 1. The maximum absolute atomic E-state index is 3.69. The van der Waals surface area contributed by atoms with Crippen LogP contribution in [-0.4, -0.2) is 36.6 Å². The Morgan fingerprint density at radius 3 is 3.00 bits per heavy atom. The van der Waals surface area contributed by atoms with E-state index < -0.39 is 0 Å². The first-order chi connectivity index (χ1) is 5.72. The van der Waals surface area contributed by atoms with Crippen LogP contribution in [0, 0.1) is 0 Å². The molecule has 0 aromatic heterocycles. The average Bonchev–Trinajstić information content (AvgIpc) is 2.04. The van der Waals surface area contributed by atoms with Gasteiger partial charge in [-0.25, -0.2) is 0 Å². The van der Waals surface area contributed by atoms with Crippen molar-refractivity contribution in [1.82, 2.24) is 10.2 Å². The Morgan fingerprint density at radius 2 is 2.25 bits per heavy atom. The van der Waals surface area contributed by atoms with Gasteiger partial charge in [0.25, 0.3) is 0 Å². The molecule has 0 radical (unpaired) electrons. The van der Waals surface area contributed by atoms with Crippen molar-refractivity contribution in [3.05, 3.63) is 0 Å². The summed E-state index contributed by atoms with van der Waals surface area (Å²) in [4.78, 5) is 2.54. The molecule has 2 nitrogen and oxygen atoms in total. The summed E-state index contributed by atoms with van der Waals surface area (Å²) in [6, 6.07) is 0.792. The minimum absolute atomic E-state index is 0.422. The lowest BCUT2D eigenvalue weighted by Crippen LogP contribution is -2.63. The zero-order valence-corrected chi connectivity index (χ0v) is 8.27. The monoisotopic (exact) mass is 168 g/mol. The quantitative estimate of drug-likeness (QED) is 0.585. The highest BCUT2D eigenvalue weighted by molar-refractivity contribution is 5.01. The molecule has 0 saturated carbocycles. The van der Waals surface area contributed by atoms with E-state index in [9.17, 15) is 0 Å². The molecule has 0 amide bonds. The van der Waals surface area contributed by atoms with Crippen LogP contribution in [0.4, 0.5) is 0 Å². The second kappa shape index (κ2) is 3.00. The molecule has 2 aliphatic rings. The lowest BCUT2D eigenvalue weighted by atomic mass is 9.78. The summed E-state index contributed by atoms with van der Waals surface area (Å²) >= 11 is 0. The molecule has 2 rings (SSSR count). The highest BCUT2D eigenvalue weighted by Crippen LogP contribution is 2.31. The van der Waals surface area contributed by atoms with Crippen molar-refractivity contribution in [2.45, 2.75) is 44.2 Å². The molecule has 2 heterocycles. The van der Waals surface area contributed by atoms with Gasteiger partial charge in [0.1, 0.15) is 0 Å². The van der Waals surface area contributed by atoms with Crippen LogP contribution in [0.15, 0.2) is 0 Å². The van der Waals surface area contributed by atoms with E-state index in [1.165, 1.54) is 38.8 Å². The predicted molar refractivity (Wildman–Crippen MR) is 51.3 cm³/mol. The van der Waals surface area contributed by atoms with Gasteiger partial charge in [-0.15, -0.1) is 0 Å². The SMILES string of the molecule is CN1CCC[C@]2(C)NCCC[C@H]12. The van der Waals surface area contributed by atoms with E-state index in [1.54, 1.807) is 0 Å². The van der Waals surface area contributed by atoms with Crippen molar-refractivity contribution in [3.63, 3.8) is 0 Å². The maximum Gasteiger partial charge on any atom is 0.0309 e. The first-order valence-electron chi connectivity index (χ1n) is 5.18.